The number of unbranched alkanes of at least 4 members (excludes halogenated alkanes) is 2. The Hall–Kier alpha value is -4.44. The first-order chi connectivity index (χ1) is 27.4. The monoisotopic (exact) mass is 811 g/mol. The second-order valence-electron chi connectivity index (χ2n) is 17.9. The van der Waals surface area contributed by atoms with E-state index in [1.54, 1.807) is 38.7 Å². The number of likely N-dealkylation sites (tertiary alicyclic amines) is 1. The van der Waals surface area contributed by atoms with Crippen LogP contribution in [0.3, 0.4) is 0 Å². The number of amides is 2. The molecule has 58 heavy (non-hydrogen) atoms. The Morgan fingerprint density at radius 2 is 1.79 bits per heavy atom. The molecule has 0 spiro atoms. The Balaban J connectivity index is 1.18. The molecule has 2 N–H and O–H groups in total. The standard InChI is InChI=1S/C42H59F2N7O7/c1-26-29(15-9-8-12-19-55-28-14-10-11-17-50(24-28)39(54)58-41(5,6)7)30(20-32(46-26)47-38(53)57-40(2,3)4)34-33(44)35-31(22-45-34)36(52)49-37(48-35)56-25-42-16-13-18-51(42)23-27(43)21-42/h20,22,27-28H,8-19,21,23-25H2,1-7H3,(H,46,47,53)(H,48,49,52)/t27-,28?,42+/m1/s1. The van der Waals surface area contributed by atoms with Crippen molar-refractivity contribution in [3.8, 4) is 17.3 Å². The van der Waals surface area contributed by atoms with Gasteiger partial charge in [0.1, 0.15) is 41.0 Å². The van der Waals surface area contributed by atoms with E-state index in [4.69, 9.17) is 18.9 Å². The summed E-state index contributed by atoms with van der Waals surface area (Å²) in [6.45, 7) is 15.5. The maximum absolute atomic E-state index is 16.7. The van der Waals surface area contributed by atoms with Gasteiger partial charge in [0.05, 0.1) is 23.6 Å². The molecule has 3 atom stereocenters. The van der Waals surface area contributed by atoms with Gasteiger partial charge in [0.25, 0.3) is 11.6 Å². The number of alkyl halides is 1. The summed E-state index contributed by atoms with van der Waals surface area (Å²) in [5.74, 6) is -0.680. The normalized spacial score (nSPS) is 21.5. The van der Waals surface area contributed by atoms with Crippen molar-refractivity contribution in [3.63, 3.8) is 0 Å². The molecule has 1 unspecified atom stereocenters. The molecule has 6 rings (SSSR count). The van der Waals surface area contributed by atoms with Gasteiger partial charge in [-0.15, -0.1) is 0 Å². The summed E-state index contributed by atoms with van der Waals surface area (Å²) >= 11 is 0. The minimum absolute atomic E-state index is 0.0544. The fourth-order valence-electron chi connectivity index (χ4n) is 8.21. The lowest BCUT2D eigenvalue weighted by molar-refractivity contribution is 0.000419. The molecule has 0 bridgehead atoms. The minimum Gasteiger partial charge on any atom is -0.463 e. The van der Waals surface area contributed by atoms with E-state index in [9.17, 15) is 18.8 Å². The van der Waals surface area contributed by atoms with E-state index in [2.05, 4.69) is 30.2 Å². The van der Waals surface area contributed by atoms with Crippen LogP contribution in [0.25, 0.3) is 22.2 Å². The predicted octanol–water partition coefficient (Wildman–Crippen LogP) is 7.65. The molecule has 3 aliphatic heterocycles. The number of pyridine rings is 2. The molecule has 3 aromatic heterocycles. The van der Waals surface area contributed by atoms with Crippen LogP contribution < -0.4 is 15.6 Å². The van der Waals surface area contributed by atoms with E-state index in [1.807, 2.05) is 20.8 Å². The number of carbonyl (C=O) groups is 2. The number of carbonyl (C=O) groups excluding carboxylic acids is 2. The van der Waals surface area contributed by atoms with E-state index in [0.717, 1.165) is 63.5 Å². The molecule has 3 aliphatic rings. The fourth-order valence-corrected chi connectivity index (χ4v) is 8.21. The topological polar surface area (TPSA) is 161 Å². The fraction of sp³-hybridized carbons (Fsp3) is 0.667. The molecule has 3 fully saturated rings. The Labute approximate surface area is 338 Å². The van der Waals surface area contributed by atoms with Gasteiger partial charge in [0, 0.05) is 43.6 Å². The summed E-state index contributed by atoms with van der Waals surface area (Å²) in [6, 6.07) is 1.40. The first kappa shape index (κ1) is 43.1. The molecular weight excluding hydrogens is 752 g/mol. The van der Waals surface area contributed by atoms with Gasteiger partial charge in [-0.2, -0.15) is 4.98 Å². The number of nitrogens with one attached hydrogen (secondary N) is 2. The SMILES string of the molecule is Cc1nc(NC(=O)OC(C)(C)C)cc(-c2ncc3c(=O)[nH]c(OC[C@@]45CCCN4C[C@H](F)C5)nc3c2F)c1CCCCCOC1CCCCN(C(=O)OC(C)(C)C)C1. The van der Waals surface area contributed by atoms with Gasteiger partial charge >= 0.3 is 12.2 Å². The van der Waals surface area contributed by atoms with E-state index in [1.165, 1.54) is 6.20 Å². The zero-order valence-electron chi connectivity index (χ0n) is 35.0. The van der Waals surface area contributed by atoms with Crippen LogP contribution in [0.4, 0.5) is 24.2 Å². The van der Waals surface area contributed by atoms with Crippen LogP contribution in [0.5, 0.6) is 6.01 Å². The maximum Gasteiger partial charge on any atom is 0.413 e. The van der Waals surface area contributed by atoms with Crippen molar-refractivity contribution < 1.29 is 37.3 Å². The smallest absolute Gasteiger partial charge is 0.413 e. The third kappa shape index (κ3) is 10.8. The van der Waals surface area contributed by atoms with Gasteiger partial charge < -0.3 is 23.8 Å². The summed E-state index contributed by atoms with van der Waals surface area (Å²) in [6.07, 6.45) is 6.77. The zero-order chi connectivity index (χ0) is 41.8. The van der Waals surface area contributed by atoms with Crippen LogP contribution in [0, 0.1) is 12.7 Å². The summed E-state index contributed by atoms with van der Waals surface area (Å²) in [7, 11) is 0. The molecule has 318 valence electrons. The van der Waals surface area contributed by atoms with Crippen molar-refractivity contribution in [2.24, 2.45) is 0 Å². The summed E-state index contributed by atoms with van der Waals surface area (Å²) in [5, 5.41) is 2.61. The van der Waals surface area contributed by atoms with Gasteiger partial charge in [-0.3, -0.25) is 25.0 Å². The summed E-state index contributed by atoms with van der Waals surface area (Å²) < 4.78 is 54.4. The number of halogens is 2. The number of hydrogen-bond acceptors (Lipinski definition) is 11. The van der Waals surface area contributed by atoms with Gasteiger partial charge in [-0.05, 0) is 118 Å². The number of ether oxygens (including phenoxy) is 4. The van der Waals surface area contributed by atoms with Crippen LogP contribution in [-0.4, -0.2) is 110 Å². The number of fused-ring (bicyclic) bond motifs is 2. The number of hydrogen-bond donors (Lipinski definition) is 2. The largest absolute Gasteiger partial charge is 0.463 e. The Kier molecular flexibility index (Phi) is 13.3. The second kappa shape index (κ2) is 17.8. The molecule has 0 radical (unpaired) electrons. The lowest BCUT2D eigenvalue weighted by Crippen LogP contribution is -2.43. The van der Waals surface area contributed by atoms with E-state index >= 15 is 4.39 Å². The number of aryl methyl sites for hydroxylation is 1. The highest BCUT2D eigenvalue weighted by Gasteiger charge is 2.49. The molecule has 2 amide bonds. The van der Waals surface area contributed by atoms with Crippen LogP contribution in [-0.2, 0) is 20.6 Å². The third-order valence-corrected chi connectivity index (χ3v) is 10.8. The van der Waals surface area contributed by atoms with E-state index in [-0.39, 0.29) is 47.2 Å². The first-order valence-electron chi connectivity index (χ1n) is 20.6. The van der Waals surface area contributed by atoms with Gasteiger partial charge in [-0.25, -0.2) is 23.4 Å². The number of anilines is 1. The highest BCUT2D eigenvalue weighted by atomic mass is 19.1. The number of nitrogens with zero attached hydrogens (tertiary/aromatic N) is 5. The number of rotatable bonds is 12. The molecular formula is C42H59F2N7O7. The number of aromatic nitrogens is 4. The molecule has 0 aliphatic carbocycles. The van der Waals surface area contributed by atoms with Crippen molar-refractivity contribution in [1.82, 2.24) is 29.7 Å². The summed E-state index contributed by atoms with van der Waals surface area (Å²) in [5.41, 5.74) is -1.03. The lowest BCUT2D eigenvalue weighted by Gasteiger charge is -2.30. The van der Waals surface area contributed by atoms with Crippen molar-refractivity contribution in [2.75, 3.05) is 44.7 Å². The maximum atomic E-state index is 16.7. The quantitative estimate of drug-likeness (QED) is 0.173. The Bertz CT molecular complexity index is 2020. The molecule has 16 heteroatoms. The lowest BCUT2D eigenvalue weighted by atomic mass is 9.95. The molecule has 0 saturated carbocycles. The van der Waals surface area contributed by atoms with Crippen molar-refractivity contribution in [2.45, 2.75) is 142 Å². The van der Waals surface area contributed by atoms with Crippen LogP contribution in [0.1, 0.15) is 111 Å². The predicted molar refractivity (Wildman–Crippen MR) is 215 cm³/mol. The van der Waals surface area contributed by atoms with E-state index < -0.39 is 40.4 Å². The van der Waals surface area contributed by atoms with Crippen molar-refractivity contribution in [3.05, 3.63) is 39.7 Å². The highest BCUT2D eigenvalue weighted by Crippen LogP contribution is 2.40. The van der Waals surface area contributed by atoms with Crippen LogP contribution in [0.15, 0.2) is 17.1 Å². The van der Waals surface area contributed by atoms with Crippen LogP contribution in [0.2, 0.25) is 0 Å². The molecule has 3 saturated heterocycles. The third-order valence-electron chi connectivity index (χ3n) is 10.8. The van der Waals surface area contributed by atoms with Gasteiger partial charge in [0.15, 0.2) is 5.82 Å². The molecule has 3 aromatic rings. The molecule has 0 aromatic carbocycles. The van der Waals surface area contributed by atoms with Gasteiger partial charge in [0.2, 0.25) is 0 Å². The number of aromatic amines is 1. The average molecular weight is 812 g/mol. The van der Waals surface area contributed by atoms with Crippen LogP contribution >= 0.6 is 0 Å². The van der Waals surface area contributed by atoms with Gasteiger partial charge in [-0.1, -0.05) is 6.42 Å². The highest BCUT2D eigenvalue weighted by molar-refractivity contribution is 5.87. The first-order valence-corrected chi connectivity index (χ1v) is 20.6. The van der Waals surface area contributed by atoms with Crippen molar-refractivity contribution >= 4 is 28.9 Å². The second-order valence-corrected chi connectivity index (χ2v) is 17.9. The minimum atomic E-state index is -0.954. The molecule has 14 nitrogen and oxygen atoms in total. The van der Waals surface area contributed by atoms with E-state index in [0.29, 0.717) is 50.3 Å². The Morgan fingerprint density at radius 3 is 2.55 bits per heavy atom. The molecule has 6 heterocycles. The van der Waals surface area contributed by atoms with Crippen molar-refractivity contribution in [1.29, 1.82) is 0 Å². The number of H-pyrrole nitrogens is 1. The average Bonchev–Trinajstić information content (AvgIpc) is 3.53. The Morgan fingerprint density at radius 1 is 1.02 bits per heavy atom. The zero-order valence-corrected chi connectivity index (χ0v) is 35.0. The summed E-state index contributed by atoms with van der Waals surface area (Å²) in [4.78, 5) is 58.5.